The van der Waals surface area contributed by atoms with Crippen molar-refractivity contribution in [2.24, 2.45) is 11.8 Å². The molecule has 2 aliphatic carbocycles. The number of rotatable bonds is 3. The maximum Gasteiger partial charge on any atom is 0.143 e. The molecule has 2 fully saturated rings. The van der Waals surface area contributed by atoms with Gasteiger partial charge in [-0.15, -0.1) is 10.2 Å². The van der Waals surface area contributed by atoms with Crippen LogP contribution in [0, 0.1) is 11.8 Å². The molecule has 0 aromatic carbocycles. The van der Waals surface area contributed by atoms with Crippen LogP contribution in [0.25, 0.3) is 0 Å². The monoisotopic (exact) mass is 269 g/mol. The molecule has 0 amide bonds. The van der Waals surface area contributed by atoms with Crippen LogP contribution in [0.5, 0.6) is 0 Å². The molecule has 1 heterocycles. The first kappa shape index (κ1) is 9.82. The molecule has 2 atom stereocenters. The molecular formula is C11H16BrN3. The highest BCUT2D eigenvalue weighted by Gasteiger charge is 2.55. The van der Waals surface area contributed by atoms with Gasteiger partial charge in [0.1, 0.15) is 11.6 Å². The lowest BCUT2D eigenvalue weighted by Crippen LogP contribution is -2.05. The van der Waals surface area contributed by atoms with Gasteiger partial charge in [-0.3, -0.25) is 0 Å². The largest absolute Gasteiger partial charge is 0.314 e. The number of nitrogens with zero attached hydrogens (tertiary/aromatic N) is 3. The van der Waals surface area contributed by atoms with Crippen molar-refractivity contribution in [2.45, 2.75) is 44.0 Å². The van der Waals surface area contributed by atoms with Crippen LogP contribution in [0.15, 0.2) is 0 Å². The minimum atomic E-state index is 0.735. The van der Waals surface area contributed by atoms with Crippen molar-refractivity contribution in [1.29, 1.82) is 0 Å². The molecule has 3 nitrogen and oxygen atoms in total. The lowest BCUT2D eigenvalue weighted by atomic mass is 10.1. The molecule has 2 aliphatic rings. The van der Waals surface area contributed by atoms with Gasteiger partial charge in [0, 0.05) is 12.5 Å². The third-order valence-electron chi connectivity index (χ3n) is 4.00. The van der Waals surface area contributed by atoms with Crippen LogP contribution >= 0.6 is 15.9 Å². The highest BCUT2D eigenvalue weighted by Crippen LogP contribution is 2.62. The van der Waals surface area contributed by atoms with Crippen LogP contribution in [0.3, 0.4) is 0 Å². The van der Waals surface area contributed by atoms with Gasteiger partial charge >= 0.3 is 0 Å². The van der Waals surface area contributed by atoms with Gasteiger partial charge in [-0.1, -0.05) is 22.4 Å². The molecule has 1 aromatic heterocycles. The summed E-state index contributed by atoms with van der Waals surface area (Å²) in [5.41, 5.74) is 0. The van der Waals surface area contributed by atoms with Crippen molar-refractivity contribution in [3.8, 4) is 0 Å². The van der Waals surface area contributed by atoms with E-state index in [9.17, 15) is 0 Å². The van der Waals surface area contributed by atoms with Crippen molar-refractivity contribution in [1.82, 2.24) is 14.8 Å². The fourth-order valence-corrected chi connectivity index (χ4v) is 3.66. The highest BCUT2D eigenvalue weighted by atomic mass is 79.9. The van der Waals surface area contributed by atoms with E-state index in [-0.39, 0.29) is 0 Å². The van der Waals surface area contributed by atoms with Gasteiger partial charge in [0.15, 0.2) is 0 Å². The van der Waals surface area contributed by atoms with E-state index in [1.165, 1.54) is 25.1 Å². The first-order chi connectivity index (χ1) is 7.36. The van der Waals surface area contributed by atoms with E-state index in [0.717, 1.165) is 35.5 Å². The number of hydrogen-bond donors (Lipinski definition) is 0. The maximum absolute atomic E-state index is 4.39. The quantitative estimate of drug-likeness (QED) is 0.791. The second-order valence-corrected chi connectivity index (χ2v) is 5.20. The fraction of sp³-hybridized carbons (Fsp3) is 0.818. The number of hydrogen-bond acceptors (Lipinski definition) is 2. The molecular weight excluding hydrogens is 254 g/mol. The van der Waals surface area contributed by atoms with Crippen LogP contribution in [-0.4, -0.2) is 14.8 Å². The molecule has 0 radical (unpaired) electrons. The Morgan fingerprint density at radius 1 is 1.33 bits per heavy atom. The Balaban J connectivity index is 1.89. The lowest BCUT2D eigenvalue weighted by molar-refractivity contribution is 0.607. The smallest absolute Gasteiger partial charge is 0.143 e. The first-order valence-corrected chi connectivity index (χ1v) is 6.97. The van der Waals surface area contributed by atoms with Crippen LogP contribution < -0.4 is 0 Å². The molecule has 15 heavy (non-hydrogen) atoms. The lowest BCUT2D eigenvalue weighted by Gasteiger charge is -2.06. The van der Waals surface area contributed by atoms with Crippen LogP contribution in [0.1, 0.15) is 43.8 Å². The average molecular weight is 270 g/mol. The molecule has 0 aliphatic heterocycles. The van der Waals surface area contributed by atoms with Gasteiger partial charge in [-0.25, -0.2) is 0 Å². The normalized spacial score (nSPS) is 33.1. The van der Waals surface area contributed by atoms with Gasteiger partial charge in [0.05, 0.1) is 5.33 Å². The van der Waals surface area contributed by atoms with Crippen LogP contribution in [0.4, 0.5) is 0 Å². The standard InChI is InChI=1S/C11H16BrN3/c1-2-15-9(6-12)13-14-11(15)10-7-4-3-5-8(7)10/h7-8,10H,2-6H2,1H3. The van der Waals surface area contributed by atoms with E-state index in [1.807, 2.05) is 0 Å². The predicted molar refractivity (Wildman–Crippen MR) is 61.9 cm³/mol. The van der Waals surface area contributed by atoms with Gasteiger partial charge in [-0.2, -0.15) is 0 Å². The van der Waals surface area contributed by atoms with E-state index in [1.54, 1.807) is 0 Å². The molecule has 0 bridgehead atoms. The third kappa shape index (κ3) is 1.37. The van der Waals surface area contributed by atoms with Gasteiger partial charge < -0.3 is 4.57 Å². The first-order valence-electron chi connectivity index (χ1n) is 5.84. The number of alkyl halides is 1. The molecule has 0 N–H and O–H groups in total. The van der Waals surface area contributed by atoms with E-state index >= 15 is 0 Å². The van der Waals surface area contributed by atoms with Crippen molar-refractivity contribution in [2.75, 3.05) is 0 Å². The summed E-state index contributed by atoms with van der Waals surface area (Å²) in [6.45, 7) is 3.18. The SMILES string of the molecule is CCn1c(CBr)nnc1C1C2CCCC21. The Morgan fingerprint density at radius 2 is 2.07 bits per heavy atom. The summed E-state index contributed by atoms with van der Waals surface area (Å²) in [7, 11) is 0. The maximum atomic E-state index is 4.39. The summed E-state index contributed by atoms with van der Waals surface area (Å²) in [6, 6.07) is 0. The van der Waals surface area contributed by atoms with E-state index in [4.69, 9.17) is 0 Å². The Kier molecular flexibility index (Phi) is 2.34. The van der Waals surface area contributed by atoms with Crippen LogP contribution in [0.2, 0.25) is 0 Å². The predicted octanol–water partition coefficient (Wildman–Crippen LogP) is 2.71. The third-order valence-corrected chi connectivity index (χ3v) is 4.50. The summed E-state index contributed by atoms with van der Waals surface area (Å²) >= 11 is 3.47. The van der Waals surface area contributed by atoms with Gasteiger partial charge in [0.25, 0.3) is 0 Å². The molecule has 3 rings (SSSR count). The number of aromatic nitrogens is 3. The van der Waals surface area contributed by atoms with E-state index < -0.39 is 0 Å². The van der Waals surface area contributed by atoms with Crippen molar-refractivity contribution < 1.29 is 0 Å². The zero-order valence-electron chi connectivity index (χ0n) is 8.99. The Bertz CT molecular complexity index is 364. The Labute approximate surface area is 98.4 Å². The molecule has 0 spiro atoms. The number of fused-ring (bicyclic) bond motifs is 1. The topological polar surface area (TPSA) is 30.7 Å². The molecule has 2 unspecified atom stereocenters. The highest BCUT2D eigenvalue weighted by molar-refractivity contribution is 9.08. The van der Waals surface area contributed by atoms with Crippen LogP contribution in [-0.2, 0) is 11.9 Å². The second kappa shape index (κ2) is 3.58. The second-order valence-electron chi connectivity index (χ2n) is 4.64. The summed E-state index contributed by atoms with van der Waals surface area (Å²) in [5, 5.41) is 9.46. The van der Waals surface area contributed by atoms with Gasteiger partial charge in [-0.05, 0) is 31.6 Å². The van der Waals surface area contributed by atoms with Crippen molar-refractivity contribution in [3.05, 3.63) is 11.6 Å². The summed E-state index contributed by atoms with van der Waals surface area (Å²) in [5.74, 6) is 4.93. The minimum Gasteiger partial charge on any atom is -0.314 e. The summed E-state index contributed by atoms with van der Waals surface area (Å²) < 4.78 is 2.29. The van der Waals surface area contributed by atoms with Crippen molar-refractivity contribution >= 4 is 15.9 Å². The Morgan fingerprint density at radius 3 is 2.67 bits per heavy atom. The zero-order valence-corrected chi connectivity index (χ0v) is 10.6. The number of halogens is 1. The average Bonchev–Trinajstić information content (AvgIpc) is 2.73. The van der Waals surface area contributed by atoms with Gasteiger partial charge in [0.2, 0.25) is 0 Å². The molecule has 0 saturated heterocycles. The Hall–Kier alpha value is -0.380. The fourth-order valence-electron chi connectivity index (χ4n) is 3.24. The molecule has 82 valence electrons. The van der Waals surface area contributed by atoms with E-state index in [2.05, 4.69) is 37.6 Å². The molecule has 2 saturated carbocycles. The zero-order chi connectivity index (χ0) is 10.4. The van der Waals surface area contributed by atoms with E-state index in [0.29, 0.717) is 0 Å². The molecule has 4 heteroatoms. The summed E-state index contributed by atoms with van der Waals surface area (Å²) in [4.78, 5) is 0. The summed E-state index contributed by atoms with van der Waals surface area (Å²) in [6.07, 6.45) is 4.25. The van der Waals surface area contributed by atoms with Crippen molar-refractivity contribution in [3.63, 3.8) is 0 Å². The molecule has 1 aromatic rings. The minimum absolute atomic E-state index is 0.735.